The Bertz CT molecular complexity index is 997. The Balaban J connectivity index is 1.55. The van der Waals surface area contributed by atoms with Gasteiger partial charge in [-0.25, -0.2) is 4.79 Å². The Labute approximate surface area is 168 Å². The van der Waals surface area contributed by atoms with Gasteiger partial charge in [0.1, 0.15) is 6.04 Å². The molecule has 7 heteroatoms. The minimum absolute atomic E-state index is 0.151. The predicted molar refractivity (Wildman–Crippen MR) is 108 cm³/mol. The molecule has 0 unspecified atom stereocenters. The average Bonchev–Trinajstić information content (AvgIpc) is 3.33. The molecular formula is C21H21ClN4O2. The van der Waals surface area contributed by atoms with Gasteiger partial charge in [0.05, 0.1) is 0 Å². The number of aromatic nitrogens is 2. The molecule has 2 heterocycles. The zero-order chi connectivity index (χ0) is 19.7. The van der Waals surface area contributed by atoms with E-state index in [9.17, 15) is 4.79 Å². The molecule has 0 saturated carbocycles. The minimum atomic E-state index is -0.232. The molecule has 0 bridgehead atoms. The molecule has 2 amide bonds. The van der Waals surface area contributed by atoms with Crippen molar-refractivity contribution >= 4 is 23.3 Å². The van der Waals surface area contributed by atoms with Crippen LogP contribution >= 0.6 is 11.6 Å². The maximum absolute atomic E-state index is 12.9. The Kier molecular flexibility index (Phi) is 5.05. The molecule has 28 heavy (non-hydrogen) atoms. The highest BCUT2D eigenvalue weighted by atomic mass is 35.5. The maximum atomic E-state index is 12.9. The van der Waals surface area contributed by atoms with Gasteiger partial charge < -0.3 is 14.7 Å². The first kappa shape index (κ1) is 18.5. The van der Waals surface area contributed by atoms with Crippen molar-refractivity contribution in [3.8, 4) is 11.4 Å². The Morgan fingerprint density at radius 1 is 1.21 bits per heavy atom. The van der Waals surface area contributed by atoms with Gasteiger partial charge in [0.15, 0.2) is 0 Å². The second-order valence-electron chi connectivity index (χ2n) is 7.01. The van der Waals surface area contributed by atoms with Crippen LogP contribution in [0.25, 0.3) is 11.4 Å². The molecule has 1 fully saturated rings. The summed E-state index contributed by atoms with van der Waals surface area (Å²) >= 11 is 6.05. The zero-order valence-electron chi connectivity index (χ0n) is 15.8. The number of carbonyl (C=O) groups excluding carboxylic acids is 1. The number of amides is 2. The summed E-state index contributed by atoms with van der Waals surface area (Å²) in [6.45, 7) is 4.62. The molecule has 1 aliphatic heterocycles. The summed E-state index contributed by atoms with van der Waals surface area (Å²) < 4.78 is 5.50. The number of aryl methyl sites for hydroxylation is 2. The van der Waals surface area contributed by atoms with Crippen molar-refractivity contribution in [3.63, 3.8) is 0 Å². The minimum Gasteiger partial charge on any atom is -0.337 e. The highest BCUT2D eigenvalue weighted by Gasteiger charge is 2.34. The topological polar surface area (TPSA) is 71.3 Å². The molecule has 144 valence electrons. The van der Waals surface area contributed by atoms with E-state index in [4.69, 9.17) is 16.1 Å². The summed E-state index contributed by atoms with van der Waals surface area (Å²) in [7, 11) is 0. The number of halogens is 1. The molecule has 0 spiro atoms. The lowest BCUT2D eigenvalue weighted by Crippen LogP contribution is -2.35. The predicted octanol–water partition coefficient (Wildman–Crippen LogP) is 5.38. The second-order valence-corrected chi connectivity index (χ2v) is 7.45. The molecule has 6 nitrogen and oxygen atoms in total. The van der Waals surface area contributed by atoms with Gasteiger partial charge in [-0.05, 0) is 49.9 Å². The average molecular weight is 397 g/mol. The van der Waals surface area contributed by atoms with Crippen LogP contribution in [0, 0.1) is 13.8 Å². The fourth-order valence-electron chi connectivity index (χ4n) is 3.57. The largest absolute Gasteiger partial charge is 0.337 e. The molecule has 1 atom stereocenters. The molecule has 2 aromatic carbocycles. The van der Waals surface area contributed by atoms with Crippen molar-refractivity contribution in [2.75, 3.05) is 11.9 Å². The molecule has 4 rings (SSSR count). The summed E-state index contributed by atoms with van der Waals surface area (Å²) in [5.41, 5.74) is 3.70. The number of carbonyl (C=O) groups is 1. The third-order valence-corrected chi connectivity index (χ3v) is 5.27. The van der Waals surface area contributed by atoms with Gasteiger partial charge in [0, 0.05) is 22.8 Å². The third kappa shape index (κ3) is 3.60. The number of urea groups is 1. The highest BCUT2D eigenvalue weighted by Crippen LogP contribution is 2.33. The number of rotatable bonds is 3. The molecule has 3 aromatic rings. The summed E-state index contributed by atoms with van der Waals surface area (Å²) in [5.74, 6) is 0.920. The number of nitrogens with one attached hydrogen (secondary N) is 1. The first-order valence-electron chi connectivity index (χ1n) is 9.26. The van der Waals surface area contributed by atoms with Crippen LogP contribution in [0.3, 0.4) is 0 Å². The summed E-state index contributed by atoms with van der Waals surface area (Å²) in [5, 5.41) is 7.73. The number of likely N-dealkylation sites (tertiary alicyclic amines) is 1. The van der Waals surface area contributed by atoms with Crippen LogP contribution in [0.2, 0.25) is 5.02 Å². The van der Waals surface area contributed by atoms with E-state index in [1.165, 1.54) is 0 Å². The standard InChI is InChI=1S/C21H21ClN4O2/c1-13-6-3-7-14(2)18(13)23-21(27)26-11-5-10-17(26)20-24-19(25-28-20)15-8-4-9-16(22)12-15/h3-4,6-9,12,17H,5,10-11H2,1-2H3,(H,23,27)/t17-/m0/s1. The van der Waals surface area contributed by atoms with Gasteiger partial charge in [0.25, 0.3) is 0 Å². The molecule has 0 radical (unpaired) electrons. The van der Waals surface area contributed by atoms with E-state index in [-0.39, 0.29) is 12.1 Å². The van der Waals surface area contributed by atoms with E-state index < -0.39 is 0 Å². The monoisotopic (exact) mass is 396 g/mol. The number of hydrogen-bond acceptors (Lipinski definition) is 4. The van der Waals surface area contributed by atoms with E-state index in [2.05, 4.69) is 15.5 Å². The highest BCUT2D eigenvalue weighted by molar-refractivity contribution is 6.30. The van der Waals surface area contributed by atoms with Gasteiger partial charge in [0.2, 0.25) is 11.7 Å². The van der Waals surface area contributed by atoms with Crippen molar-refractivity contribution < 1.29 is 9.32 Å². The lowest BCUT2D eigenvalue weighted by atomic mass is 10.1. The summed E-state index contributed by atoms with van der Waals surface area (Å²) in [4.78, 5) is 19.2. The number of benzene rings is 2. The van der Waals surface area contributed by atoms with Gasteiger partial charge >= 0.3 is 6.03 Å². The number of anilines is 1. The Morgan fingerprint density at radius 3 is 2.71 bits per heavy atom. The van der Waals surface area contributed by atoms with Crippen LogP contribution < -0.4 is 5.32 Å². The van der Waals surface area contributed by atoms with Crippen LogP contribution in [-0.2, 0) is 0 Å². The summed E-state index contributed by atoms with van der Waals surface area (Å²) in [6.07, 6.45) is 1.68. The Morgan fingerprint density at radius 2 is 1.96 bits per heavy atom. The van der Waals surface area contributed by atoms with Crippen molar-refractivity contribution in [2.45, 2.75) is 32.7 Å². The molecule has 1 aliphatic rings. The van der Waals surface area contributed by atoms with Crippen LogP contribution in [0.5, 0.6) is 0 Å². The van der Waals surface area contributed by atoms with Gasteiger partial charge in [-0.3, -0.25) is 0 Å². The maximum Gasteiger partial charge on any atom is 0.322 e. The normalized spacial score (nSPS) is 16.4. The van der Waals surface area contributed by atoms with Gasteiger partial charge in [-0.2, -0.15) is 4.98 Å². The van der Waals surface area contributed by atoms with Gasteiger partial charge in [-0.15, -0.1) is 0 Å². The summed E-state index contributed by atoms with van der Waals surface area (Å²) in [6, 6.07) is 12.9. The smallest absolute Gasteiger partial charge is 0.322 e. The molecule has 0 aliphatic carbocycles. The van der Waals surface area contributed by atoms with Crippen molar-refractivity contribution in [1.29, 1.82) is 0 Å². The van der Waals surface area contributed by atoms with E-state index in [1.54, 1.807) is 17.0 Å². The van der Waals surface area contributed by atoms with Crippen molar-refractivity contribution in [3.05, 3.63) is 64.5 Å². The van der Waals surface area contributed by atoms with Crippen LogP contribution in [0.15, 0.2) is 47.0 Å². The fraction of sp³-hybridized carbons (Fsp3) is 0.286. The number of hydrogen-bond donors (Lipinski definition) is 1. The lowest BCUT2D eigenvalue weighted by molar-refractivity contribution is 0.193. The molecule has 1 N–H and O–H groups in total. The van der Waals surface area contributed by atoms with Crippen molar-refractivity contribution in [2.24, 2.45) is 0 Å². The van der Waals surface area contributed by atoms with E-state index in [0.717, 1.165) is 35.2 Å². The third-order valence-electron chi connectivity index (χ3n) is 5.04. The molecule has 1 aromatic heterocycles. The number of nitrogens with zero attached hydrogens (tertiary/aromatic N) is 3. The number of para-hydroxylation sites is 1. The zero-order valence-corrected chi connectivity index (χ0v) is 16.5. The molecular weight excluding hydrogens is 376 g/mol. The Hall–Kier alpha value is -2.86. The van der Waals surface area contributed by atoms with Gasteiger partial charge in [-0.1, -0.05) is 47.1 Å². The first-order valence-corrected chi connectivity index (χ1v) is 9.64. The van der Waals surface area contributed by atoms with E-state index in [1.807, 2.05) is 44.2 Å². The fourth-order valence-corrected chi connectivity index (χ4v) is 3.76. The first-order chi connectivity index (χ1) is 13.5. The quantitative estimate of drug-likeness (QED) is 0.645. The van der Waals surface area contributed by atoms with Crippen LogP contribution in [0.1, 0.15) is 35.9 Å². The SMILES string of the molecule is Cc1cccc(C)c1NC(=O)N1CCC[C@H]1c1nc(-c2cccc(Cl)c2)no1. The van der Waals surface area contributed by atoms with E-state index >= 15 is 0 Å². The van der Waals surface area contributed by atoms with Crippen LogP contribution in [-0.4, -0.2) is 27.6 Å². The molecule has 1 saturated heterocycles. The van der Waals surface area contributed by atoms with Crippen LogP contribution in [0.4, 0.5) is 10.5 Å². The second kappa shape index (κ2) is 7.64. The van der Waals surface area contributed by atoms with E-state index in [0.29, 0.717) is 23.3 Å². The van der Waals surface area contributed by atoms with Crippen molar-refractivity contribution in [1.82, 2.24) is 15.0 Å². The lowest BCUT2D eigenvalue weighted by Gasteiger charge is -2.23.